The number of rotatable bonds is 1. The fourth-order valence-electron chi connectivity index (χ4n) is 1.04. The van der Waals surface area contributed by atoms with Crippen LogP contribution in [0.1, 0.15) is 5.56 Å². The molecule has 2 aromatic rings. The van der Waals surface area contributed by atoms with Gasteiger partial charge in [-0.15, -0.1) is 0 Å². The molecule has 62 valence electrons. The molecule has 0 amide bonds. The molecule has 0 aliphatic rings. The lowest BCUT2D eigenvalue weighted by atomic mass is 10.2. The third-order valence-corrected chi connectivity index (χ3v) is 2.52. The van der Waals surface area contributed by atoms with Crippen LogP contribution in [0.15, 0.2) is 21.3 Å². The third kappa shape index (κ3) is 1.10. The van der Waals surface area contributed by atoms with Crippen LogP contribution < -0.4 is 5.73 Å². The van der Waals surface area contributed by atoms with Gasteiger partial charge in [0.15, 0.2) is 0 Å². The molecule has 2 N–H and O–H groups in total. The van der Waals surface area contributed by atoms with Crippen molar-refractivity contribution in [1.82, 2.24) is 5.16 Å². The quantitative estimate of drug-likeness (QED) is 0.732. The predicted molar refractivity (Wildman–Crippen MR) is 49.0 cm³/mol. The Morgan fingerprint density at radius 3 is 2.83 bits per heavy atom. The molecule has 0 unspecified atom stereocenters. The van der Waals surface area contributed by atoms with Crippen LogP contribution in [0, 0.1) is 6.92 Å². The zero-order valence-electron chi connectivity index (χ0n) is 6.57. The Bertz CT molecular complexity index is 391. The zero-order valence-corrected chi connectivity index (χ0v) is 7.39. The molecule has 0 saturated carbocycles. The molecule has 0 radical (unpaired) electrons. The van der Waals surface area contributed by atoms with E-state index < -0.39 is 0 Å². The summed E-state index contributed by atoms with van der Waals surface area (Å²) >= 11 is 1.65. The average Bonchev–Trinajstić information content (AvgIpc) is 2.58. The number of nitrogens with zero attached hydrogens (tertiary/aromatic N) is 1. The maximum atomic E-state index is 5.41. The molecule has 0 bridgehead atoms. The van der Waals surface area contributed by atoms with E-state index in [0.29, 0.717) is 5.88 Å². The van der Waals surface area contributed by atoms with Gasteiger partial charge in [0, 0.05) is 17.0 Å². The maximum Gasteiger partial charge on any atom is 0.222 e. The zero-order chi connectivity index (χ0) is 8.55. The second-order valence-corrected chi connectivity index (χ2v) is 3.33. The number of hydrogen-bond donors (Lipinski definition) is 1. The molecule has 0 saturated heterocycles. The first kappa shape index (κ1) is 7.36. The van der Waals surface area contributed by atoms with Gasteiger partial charge in [-0.1, -0.05) is 5.16 Å². The van der Waals surface area contributed by atoms with Gasteiger partial charge in [0.2, 0.25) is 5.88 Å². The number of nitrogens with two attached hydrogens (primary N) is 1. The minimum absolute atomic E-state index is 0.357. The maximum absolute atomic E-state index is 5.41. The van der Waals surface area contributed by atoms with E-state index in [-0.39, 0.29) is 0 Å². The van der Waals surface area contributed by atoms with Gasteiger partial charge in [-0.2, -0.15) is 11.3 Å². The first-order valence-corrected chi connectivity index (χ1v) is 4.47. The summed E-state index contributed by atoms with van der Waals surface area (Å²) in [6, 6.07) is 1.73. The Balaban J connectivity index is 2.50. The van der Waals surface area contributed by atoms with E-state index in [2.05, 4.69) is 10.5 Å². The fraction of sp³-hybridized carbons (Fsp3) is 0.125. The molecule has 12 heavy (non-hydrogen) atoms. The first-order chi connectivity index (χ1) is 5.77. The lowest BCUT2D eigenvalue weighted by Crippen LogP contribution is -1.76. The standard InChI is InChI=1S/C8H8N2OS/c1-5-3-12-4-6(5)7-2-8(9)11-10-7/h2-4H,9H2,1H3. The third-order valence-electron chi connectivity index (χ3n) is 1.66. The fourth-order valence-corrected chi connectivity index (χ4v) is 1.88. The van der Waals surface area contributed by atoms with Gasteiger partial charge in [-0.05, 0) is 17.9 Å². The summed E-state index contributed by atoms with van der Waals surface area (Å²) in [6.45, 7) is 2.04. The van der Waals surface area contributed by atoms with Crippen molar-refractivity contribution in [3.8, 4) is 11.3 Å². The molecular formula is C8H8N2OS. The van der Waals surface area contributed by atoms with Gasteiger partial charge < -0.3 is 10.3 Å². The molecule has 0 aliphatic carbocycles. The highest BCUT2D eigenvalue weighted by Crippen LogP contribution is 2.26. The molecule has 0 fully saturated rings. The highest BCUT2D eigenvalue weighted by Gasteiger charge is 2.06. The van der Waals surface area contributed by atoms with E-state index in [0.717, 1.165) is 11.3 Å². The SMILES string of the molecule is Cc1cscc1-c1cc(N)on1. The van der Waals surface area contributed by atoms with Crippen LogP contribution in [-0.4, -0.2) is 5.16 Å². The van der Waals surface area contributed by atoms with E-state index in [4.69, 9.17) is 10.3 Å². The smallest absolute Gasteiger partial charge is 0.222 e. The van der Waals surface area contributed by atoms with Gasteiger partial charge in [-0.25, -0.2) is 0 Å². The summed E-state index contributed by atoms with van der Waals surface area (Å²) in [7, 11) is 0. The van der Waals surface area contributed by atoms with Gasteiger partial charge in [-0.3, -0.25) is 0 Å². The summed E-state index contributed by atoms with van der Waals surface area (Å²) in [5.41, 5.74) is 8.52. The Labute approximate surface area is 73.8 Å². The Morgan fingerprint density at radius 1 is 1.50 bits per heavy atom. The molecule has 0 atom stereocenters. The van der Waals surface area contributed by atoms with E-state index in [9.17, 15) is 0 Å². The largest absolute Gasteiger partial charge is 0.368 e. The van der Waals surface area contributed by atoms with Gasteiger partial charge in [0.25, 0.3) is 0 Å². The second-order valence-electron chi connectivity index (χ2n) is 2.58. The second kappa shape index (κ2) is 2.64. The molecule has 3 nitrogen and oxygen atoms in total. The minimum Gasteiger partial charge on any atom is -0.368 e. The van der Waals surface area contributed by atoms with Crippen molar-refractivity contribution in [3.63, 3.8) is 0 Å². The van der Waals surface area contributed by atoms with Crippen molar-refractivity contribution in [2.75, 3.05) is 5.73 Å². The van der Waals surface area contributed by atoms with E-state index in [1.807, 2.05) is 12.3 Å². The van der Waals surface area contributed by atoms with Gasteiger partial charge in [0.1, 0.15) is 5.69 Å². The summed E-state index contributed by atoms with van der Waals surface area (Å²) in [6.07, 6.45) is 0. The van der Waals surface area contributed by atoms with Crippen LogP contribution in [-0.2, 0) is 0 Å². The average molecular weight is 180 g/mol. The van der Waals surface area contributed by atoms with Crippen molar-refractivity contribution in [1.29, 1.82) is 0 Å². The number of anilines is 1. The monoisotopic (exact) mass is 180 g/mol. The first-order valence-electron chi connectivity index (χ1n) is 3.53. The molecule has 0 aliphatic heterocycles. The summed E-state index contributed by atoms with van der Waals surface area (Å²) in [4.78, 5) is 0. The van der Waals surface area contributed by atoms with Crippen molar-refractivity contribution in [2.24, 2.45) is 0 Å². The number of thiophene rings is 1. The molecule has 0 aromatic carbocycles. The highest BCUT2D eigenvalue weighted by molar-refractivity contribution is 7.08. The van der Waals surface area contributed by atoms with Crippen molar-refractivity contribution in [2.45, 2.75) is 6.92 Å². The molecular weight excluding hydrogens is 172 g/mol. The number of hydrogen-bond acceptors (Lipinski definition) is 4. The molecule has 2 heterocycles. The van der Waals surface area contributed by atoms with E-state index in [1.54, 1.807) is 17.4 Å². The van der Waals surface area contributed by atoms with Crippen LogP contribution in [0.2, 0.25) is 0 Å². The lowest BCUT2D eigenvalue weighted by Gasteiger charge is -1.89. The topological polar surface area (TPSA) is 52.0 Å². The Morgan fingerprint density at radius 2 is 2.33 bits per heavy atom. The summed E-state index contributed by atoms with van der Waals surface area (Å²) < 4.78 is 4.78. The highest BCUT2D eigenvalue weighted by atomic mass is 32.1. The Kier molecular flexibility index (Phi) is 1.62. The number of aromatic nitrogens is 1. The van der Waals surface area contributed by atoms with Crippen LogP contribution in [0.5, 0.6) is 0 Å². The molecule has 2 rings (SSSR count). The summed E-state index contributed by atoms with van der Waals surface area (Å²) in [5, 5.41) is 7.93. The normalized spacial score (nSPS) is 10.4. The number of aryl methyl sites for hydroxylation is 1. The number of nitrogen functional groups attached to an aromatic ring is 1. The Hall–Kier alpha value is -1.29. The molecule has 4 heteroatoms. The van der Waals surface area contributed by atoms with Crippen LogP contribution in [0.25, 0.3) is 11.3 Å². The summed E-state index contributed by atoms with van der Waals surface area (Å²) in [5.74, 6) is 0.357. The van der Waals surface area contributed by atoms with Crippen LogP contribution in [0.4, 0.5) is 5.88 Å². The van der Waals surface area contributed by atoms with E-state index >= 15 is 0 Å². The van der Waals surface area contributed by atoms with Crippen molar-refractivity contribution in [3.05, 3.63) is 22.4 Å². The van der Waals surface area contributed by atoms with Crippen LogP contribution >= 0.6 is 11.3 Å². The van der Waals surface area contributed by atoms with Crippen molar-refractivity contribution < 1.29 is 4.52 Å². The van der Waals surface area contributed by atoms with E-state index in [1.165, 1.54) is 5.56 Å². The van der Waals surface area contributed by atoms with Gasteiger partial charge >= 0.3 is 0 Å². The van der Waals surface area contributed by atoms with Crippen molar-refractivity contribution >= 4 is 17.2 Å². The molecule has 2 aromatic heterocycles. The van der Waals surface area contributed by atoms with Gasteiger partial charge in [0.05, 0.1) is 0 Å². The van der Waals surface area contributed by atoms with Crippen LogP contribution in [0.3, 0.4) is 0 Å². The molecule has 0 spiro atoms. The minimum atomic E-state index is 0.357. The lowest BCUT2D eigenvalue weighted by molar-refractivity contribution is 0.439. The predicted octanol–water partition coefficient (Wildman–Crippen LogP) is 2.29.